The van der Waals surface area contributed by atoms with E-state index in [1.165, 1.54) is 7.05 Å². The van der Waals surface area contributed by atoms with Gasteiger partial charge in [0.1, 0.15) is 11.3 Å². The standard InChI is InChI=1S/C17H22FN3O/c1-10(2)9-11(3)12-7-5-6-8-13(12)15-14(17(19)22)16(18)21(4)20-15/h5-8,10-11H,9H2,1-4H3,(H2,19,22). The molecule has 22 heavy (non-hydrogen) atoms. The van der Waals surface area contributed by atoms with Crippen LogP contribution in [-0.2, 0) is 7.05 Å². The summed E-state index contributed by atoms with van der Waals surface area (Å²) in [5.74, 6) is -0.679. The highest BCUT2D eigenvalue weighted by atomic mass is 19.1. The first kappa shape index (κ1) is 16.2. The maximum absolute atomic E-state index is 14.1. The summed E-state index contributed by atoms with van der Waals surface area (Å²) in [5, 5.41) is 4.16. The number of aryl methyl sites for hydroxylation is 1. The van der Waals surface area contributed by atoms with E-state index in [2.05, 4.69) is 25.9 Å². The minimum Gasteiger partial charge on any atom is -0.365 e. The molecular weight excluding hydrogens is 281 g/mol. The third-order valence-electron chi connectivity index (χ3n) is 3.80. The van der Waals surface area contributed by atoms with Gasteiger partial charge >= 0.3 is 0 Å². The number of hydrogen-bond acceptors (Lipinski definition) is 2. The first-order valence-electron chi connectivity index (χ1n) is 7.44. The smallest absolute Gasteiger partial charge is 0.255 e. The molecule has 0 bridgehead atoms. The molecule has 0 radical (unpaired) electrons. The zero-order chi connectivity index (χ0) is 16.4. The van der Waals surface area contributed by atoms with E-state index < -0.39 is 11.9 Å². The first-order chi connectivity index (χ1) is 10.3. The molecule has 2 rings (SSSR count). The molecule has 1 heterocycles. The molecule has 1 amide bonds. The topological polar surface area (TPSA) is 60.9 Å². The fourth-order valence-corrected chi connectivity index (χ4v) is 2.89. The summed E-state index contributed by atoms with van der Waals surface area (Å²) >= 11 is 0. The quantitative estimate of drug-likeness (QED) is 0.919. The summed E-state index contributed by atoms with van der Waals surface area (Å²) in [6.07, 6.45) is 0.998. The lowest BCUT2D eigenvalue weighted by Gasteiger charge is -2.17. The number of carbonyl (C=O) groups excluding carboxylic acids is 1. The number of amides is 1. The molecule has 0 aliphatic carbocycles. The van der Waals surface area contributed by atoms with E-state index in [1.807, 2.05) is 24.3 Å². The Morgan fingerprint density at radius 1 is 1.32 bits per heavy atom. The number of hydrogen-bond donors (Lipinski definition) is 1. The largest absolute Gasteiger partial charge is 0.365 e. The van der Waals surface area contributed by atoms with Gasteiger partial charge in [0.25, 0.3) is 5.91 Å². The Labute approximate surface area is 130 Å². The van der Waals surface area contributed by atoms with E-state index in [4.69, 9.17) is 5.73 Å². The lowest BCUT2D eigenvalue weighted by Crippen LogP contribution is -2.14. The van der Waals surface area contributed by atoms with Crippen LogP contribution in [0.15, 0.2) is 24.3 Å². The maximum Gasteiger partial charge on any atom is 0.255 e. The molecule has 0 spiro atoms. The highest BCUT2D eigenvalue weighted by Gasteiger charge is 2.24. The number of rotatable bonds is 5. The summed E-state index contributed by atoms with van der Waals surface area (Å²) in [7, 11) is 1.46. The molecule has 2 aromatic rings. The molecule has 0 aliphatic rings. The molecule has 0 saturated heterocycles. The molecule has 0 saturated carbocycles. The Bertz CT molecular complexity index is 691. The van der Waals surface area contributed by atoms with Crippen LogP contribution in [0.1, 0.15) is 49.0 Å². The van der Waals surface area contributed by atoms with Gasteiger partial charge < -0.3 is 5.73 Å². The van der Waals surface area contributed by atoms with Crippen molar-refractivity contribution in [3.63, 3.8) is 0 Å². The van der Waals surface area contributed by atoms with Crippen molar-refractivity contribution in [1.29, 1.82) is 0 Å². The van der Waals surface area contributed by atoms with E-state index in [1.54, 1.807) is 0 Å². The van der Waals surface area contributed by atoms with Crippen LogP contribution in [0.2, 0.25) is 0 Å². The van der Waals surface area contributed by atoms with Gasteiger partial charge in [0.2, 0.25) is 5.95 Å². The van der Waals surface area contributed by atoms with Gasteiger partial charge in [0, 0.05) is 12.6 Å². The van der Waals surface area contributed by atoms with Crippen molar-refractivity contribution < 1.29 is 9.18 Å². The summed E-state index contributed by atoms with van der Waals surface area (Å²) < 4.78 is 15.2. The van der Waals surface area contributed by atoms with Gasteiger partial charge in [-0.15, -0.1) is 0 Å². The number of benzene rings is 1. The molecule has 1 aromatic heterocycles. The molecule has 5 heteroatoms. The Hall–Kier alpha value is -2.17. The minimum absolute atomic E-state index is 0.147. The summed E-state index contributed by atoms with van der Waals surface area (Å²) in [4.78, 5) is 11.6. The Morgan fingerprint density at radius 2 is 1.95 bits per heavy atom. The van der Waals surface area contributed by atoms with Crippen molar-refractivity contribution in [2.45, 2.75) is 33.1 Å². The van der Waals surface area contributed by atoms with E-state index in [0.717, 1.165) is 22.2 Å². The summed E-state index contributed by atoms with van der Waals surface area (Å²) in [6.45, 7) is 6.45. The predicted octanol–water partition coefficient (Wildman–Crippen LogP) is 3.47. The number of carbonyl (C=O) groups is 1. The molecule has 1 unspecified atom stereocenters. The molecule has 1 atom stereocenters. The lowest BCUT2D eigenvalue weighted by atomic mass is 9.87. The molecule has 0 aliphatic heterocycles. The van der Waals surface area contributed by atoms with E-state index in [9.17, 15) is 9.18 Å². The van der Waals surface area contributed by atoms with Crippen molar-refractivity contribution >= 4 is 5.91 Å². The maximum atomic E-state index is 14.1. The van der Waals surface area contributed by atoms with Crippen LogP contribution in [0, 0.1) is 11.9 Å². The van der Waals surface area contributed by atoms with Crippen LogP contribution < -0.4 is 5.73 Å². The van der Waals surface area contributed by atoms with Gasteiger partial charge in [-0.05, 0) is 23.8 Å². The van der Waals surface area contributed by atoms with Crippen molar-refractivity contribution in [3.8, 4) is 11.3 Å². The fraction of sp³-hybridized carbons (Fsp3) is 0.412. The number of aromatic nitrogens is 2. The monoisotopic (exact) mass is 303 g/mol. The van der Waals surface area contributed by atoms with Crippen molar-refractivity contribution in [2.75, 3.05) is 0 Å². The average Bonchev–Trinajstić information content (AvgIpc) is 2.74. The van der Waals surface area contributed by atoms with E-state index in [0.29, 0.717) is 11.6 Å². The summed E-state index contributed by atoms with van der Waals surface area (Å²) in [5.41, 5.74) is 7.33. The van der Waals surface area contributed by atoms with E-state index in [-0.39, 0.29) is 11.5 Å². The number of halogens is 1. The third kappa shape index (κ3) is 3.03. The van der Waals surface area contributed by atoms with Crippen LogP contribution in [0.5, 0.6) is 0 Å². The number of primary amides is 1. The molecule has 2 N–H and O–H groups in total. The van der Waals surface area contributed by atoms with Crippen LogP contribution in [0.25, 0.3) is 11.3 Å². The summed E-state index contributed by atoms with van der Waals surface area (Å²) in [6, 6.07) is 7.66. The Kier molecular flexibility index (Phi) is 4.64. The van der Waals surface area contributed by atoms with Gasteiger partial charge in [-0.25, -0.2) is 4.68 Å². The normalized spacial score (nSPS) is 12.6. The Morgan fingerprint density at radius 3 is 2.55 bits per heavy atom. The number of nitrogens with zero attached hydrogens (tertiary/aromatic N) is 2. The van der Waals surface area contributed by atoms with Crippen LogP contribution in [0.3, 0.4) is 0 Å². The molecular formula is C17H22FN3O. The van der Waals surface area contributed by atoms with Crippen molar-refractivity contribution in [1.82, 2.24) is 9.78 Å². The van der Waals surface area contributed by atoms with Crippen molar-refractivity contribution in [2.24, 2.45) is 18.7 Å². The Balaban J connectivity index is 2.59. The van der Waals surface area contributed by atoms with Crippen LogP contribution in [-0.4, -0.2) is 15.7 Å². The molecule has 118 valence electrons. The fourth-order valence-electron chi connectivity index (χ4n) is 2.89. The second kappa shape index (κ2) is 6.30. The lowest BCUT2D eigenvalue weighted by molar-refractivity contribution is 0.0996. The third-order valence-corrected chi connectivity index (χ3v) is 3.80. The minimum atomic E-state index is -0.799. The highest BCUT2D eigenvalue weighted by molar-refractivity contribution is 5.99. The van der Waals surface area contributed by atoms with E-state index >= 15 is 0 Å². The van der Waals surface area contributed by atoms with Crippen LogP contribution in [0.4, 0.5) is 4.39 Å². The second-order valence-corrected chi connectivity index (χ2v) is 6.12. The van der Waals surface area contributed by atoms with Crippen LogP contribution >= 0.6 is 0 Å². The zero-order valence-electron chi connectivity index (χ0n) is 13.4. The highest BCUT2D eigenvalue weighted by Crippen LogP contribution is 2.34. The molecule has 4 nitrogen and oxygen atoms in total. The average molecular weight is 303 g/mol. The van der Waals surface area contributed by atoms with Gasteiger partial charge in [0.05, 0.1) is 0 Å². The molecule has 1 aromatic carbocycles. The predicted molar refractivity (Wildman–Crippen MR) is 85.0 cm³/mol. The van der Waals surface area contributed by atoms with Crippen molar-refractivity contribution in [3.05, 3.63) is 41.3 Å². The van der Waals surface area contributed by atoms with Gasteiger partial charge in [0.15, 0.2) is 0 Å². The van der Waals surface area contributed by atoms with Gasteiger partial charge in [-0.3, -0.25) is 4.79 Å². The van der Waals surface area contributed by atoms with Gasteiger partial charge in [-0.2, -0.15) is 9.49 Å². The van der Waals surface area contributed by atoms with Gasteiger partial charge in [-0.1, -0.05) is 45.0 Å². The SMILES string of the molecule is CC(C)CC(C)c1ccccc1-c1nn(C)c(F)c1C(N)=O. The first-order valence-corrected chi connectivity index (χ1v) is 7.44. The second-order valence-electron chi connectivity index (χ2n) is 6.12. The molecule has 0 fully saturated rings. The number of nitrogens with two attached hydrogens (primary N) is 1. The zero-order valence-corrected chi connectivity index (χ0v) is 13.4.